The van der Waals surface area contributed by atoms with Gasteiger partial charge in [-0.25, -0.2) is 9.50 Å². The van der Waals surface area contributed by atoms with Crippen LogP contribution in [0.2, 0.25) is 0 Å². The summed E-state index contributed by atoms with van der Waals surface area (Å²) in [4.78, 5) is 8.18. The molecule has 0 aliphatic heterocycles. The highest BCUT2D eigenvalue weighted by molar-refractivity contribution is 5.25. The van der Waals surface area contributed by atoms with Crippen LogP contribution in [0, 0.1) is 0 Å². The van der Waals surface area contributed by atoms with Crippen LogP contribution in [0.1, 0.15) is 18.4 Å². The fourth-order valence-electron chi connectivity index (χ4n) is 1.40. The van der Waals surface area contributed by atoms with Gasteiger partial charge < -0.3 is 5.32 Å². The molecule has 0 amide bonds. The predicted molar refractivity (Wildman–Crippen MR) is 50.6 cm³/mol. The topological polar surface area (TPSA) is 55.1 Å². The van der Waals surface area contributed by atoms with E-state index in [2.05, 4.69) is 20.4 Å². The Morgan fingerprint density at radius 2 is 2.36 bits per heavy atom. The molecule has 2 heterocycles. The number of hydrogen-bond donors (Lipinski definition) is 1. The minimum atomic E-state index is 0.653. The molecule has 5 nitrogen and oxygen atoms in total. The molecule has 14 heavy (non-hydrogen) atoms. The SMILES string of the molecule is c1nc2ncc(CNC3CC3)cn2n1. The monoisotopic (exact) mass is 189 g/mol. The maximum Gasteiger partial charge on any atom is 0.252 e. The highest BCUT2D eigenvalue weighted by Gasteiger charge is 2.19. The van der Waals surface area contributed by atoms with E-state index >= 15 is 0 Å². The zero-order valence-electron chi connectivity index (χ0n) is 7.72. The lowest BCUT2D eigenvalue weighted by molar-refractivity contribution is 0.680. The Balaban J connectivity index is 1.81. The van der Waals surface area contributed by atoms with Gasteiger partial charge in [-0.1, -0.05) is 0 Å². The summed E-state index contributed by atoms with van der Waals surface area (Å²) in [5.74, 6) is 0.653. The molecule has 5 heteroatoms. The van der Waals surface area contributed by atoms with Gasteiger partial charge in [-0.2, -0.15) is 10.1 Å². The van der Waals surface area contributed by atoms with E-state index in [9.17, 15) is 0 Å². The molecule has 0 atom stereocenters. The quantitative estimate of drug-likeness (QED) is 0.758. The van der Waals surface area contributed by atoms with Crippen molar-refractivity contribution in [2.45, 2.75) is 25.4 Å². The number of rotatable bonds is 3. The molecular formula is C9H11N5. The van der Waals surface area contributed by atoms with E-state index in [1.54, 1.807) is 4.52 Å². The van der Waals surface area contributed by atoms with Crippen LogP contribution in [0.4, 0.5) is 0 Å². The molecule has 0 saturated heterocycles. The molecule has 0 bridgehead atoms. The molecule has 1 aliphatic carbocycles. The van der Waals surface area contributed by atoms with Gasteiger partial charge in [0, 0.05) is 30.5 Å². The fraction of sp³-hybridized carbons (Fsp3) is 0.444. The molecule has 1 aliphatic rings. The Morgan fingerprint density at radius 3 is 3.21 bits per heavy atom. The summed E-state index contributed by atoms with van der Waals surface area (Å²) in [6.45, 7) is 0.869. The number of fused-ring (bicyclic) bond motifs is 1. The molecule has 2 aromatic rings. The van der Waals surface area contributed by atoms with Gasteiger partial charge in [0.1, 0.15) is 6.33 Å². The van der Waals surface area contributed by atoms with Crippen molar-refractivity contribution >= 4 is 5.78 Å². The van der Waals surface area contributed by atoms with E-state index in [1.807, 2.05) is 12.4 Å². The molecule has 3 rings (SSSR count). The van der Waals surface area contributed by atoms with E-state index in [0.717, 1.165) is 18.2 Å². The minimum Gasteiger partial charge on any atom is -0.310 e. The Hall–Kier alpha value is -1.49. The van der Waals surface area contributed by atoms with Crippen LogP contribution in [0.25, 0.3) is 5.78 Å². The van der Waals surface area contributed by atoms with Crippen LogP contribution in [-0.2, 0) is 6.54 Å². The van der Waals surface area contributed by atoms with Crippen molar-refractivity contribution in [1.29, 1.82) is 0 Å². The lowest BCUT2D eigenvalue weighted by Gasteiger charge is -2.01. The van der Waals surface area contributed by atoms with Gasteiger partial charge in [-0.05, 0) is 12.8 Å². The third-order valence-electron chi connectivity index (χ3n) is 2.36. The summed E-state index contributed by atoms with van der Waals surface area (Å²) in [7, 11) is 0. The Kier molecular flexibility index (Phi) is 1.70. The van der Waals surface area contributed by atoms with Crippen LogP contribution in [0.15, 0.2) is 18.7 Å². The van der Waals surface area contributed by atoms with Gasteiger partial charge in [-0.3, -0.25) is 0 Å². The highest BCUT2D eigenvalue weighted by atomic mass is 15.3. The second-order valence-corrected chi connectivity index (χ2v) is 3.62. The van der Waals surface area contributed by atoms with Crippen molar-refractivity contribution in [3.8, 4) is 0 Å². The van der Waals surface area contributed by atoms with Crippen LogP contribution in [0.3, 0.4) is 0 Å². The fourth-order valence-corrected chi connectivity index (χ4v) is 1.40. The molecule has 1 saturated carbocycles. The van der Waals surface area contributed by atoms with Gasteiger partial charge in [0.05, 0.1) is 0 Å². The first-order valence-corrected chi connectivity index (χ1v) is 4.79. The largest absolute Gasteiger partial charge is 0.310 e. The van der Waals surface area contributed by atoms with Crippen molar-refractivity contribution < 1.29 is 0 Å². The first kappa shape index (κ1) is 7.87. The van der Waals surface area contributed by atoms with Gasteiger partial charge >= 0.3 is 0 Å². The third-order valence-corrected chi connectivity index (χ3v) is 2.36. The number of hydrogen-bond acceptors (Lipinski definition) is 4. The van der Waals surface area contributed by atoms with Crippen LogP contribution < -0.4 is 5.32 Å². The molecule has 1 N–H and O–H groups in total. The highest BCUT2D eigenvalue weighted by Crippen LogP contribution is 2.19. The van der Waals surface area contributed by atoms with Crippen molar-refractivity contribution in [2.75, 3.05) is 0 Å². The zero-order chi connectivity index (χ0) is 9.38. The summed E-state index contributed by atoms with van der Waals surface area (Å²) < 4.78 is 1.70. The van der Waals surface area contributed by atoms with Gasteiger partial charge in [0.15, 0.2) is 0 Å². The molecule has 72 valence electrons. The third kappa shape index (κ3) is 1.46. The molecule has 0 radical (unpaired) electrons. The first-order valence-electron chi connectivity index (χ1n) is 4.79. The predicted octanol–water partition coefficient (Wildman–Crippen LogP) is 0.376. The summed E-state index contributed by atoms with van der Waals surface area (Å²) in [6, 6.07) is 0.724. The smallest absolute Gasteiger partial charge is 0.252 e. The Bertz CT molecular complexity index is 445. The number of nitrogens with one attached hydrogen (secondary N) is 1. The van der Waals surface area contributed by atoms with E-state index in [0.29, 0.717) is 5.78 Å². The average molecular weight is 189 g/mol. The summed E-state index contributed by atoms with van der Waals surface area (Å²) in [5, 5.41) is 7.47. The van der Waals surface area contributed by atoms with Crippen LogP contribution in [-0.4, -0.2) is 25.6 Å². The molecule has 0 spiro atoms. The average Bonchev–Trinajstić information content (AvgIpc) is 2.92. The maximum atomic E-state index is 4.19. The number of nitrogens with zero attached hydrogens (tertiary/aromatic N) is 4. The van der Waals surface area contributed by atoms with Crippen molar-refractivity contribution in [3.05, 3.63) is 24.3 Å². The lowest BCUT2D eigenvalue weighted by Crippen LogP contribution is -2.15. The first-order chi connectivity index (χ1) is 6.92. The molecular weight excluding hydrogens is 178 g/mol. The van der Waals surface area contributed by atoms with E-state index in [1.165, 1.54) is 19.2 Å². The number of aromatic nitrogens is 4. The summed E-state index contributed by atoms with van der Waals surface area (Å²) >= 11 is 0. The molecule has 0 unspecified atom stereocenters. The van der Waals surface area contributed by atoms with Gasteiger partial charge in [0.25, 0.3) is 5.78 Å². The normalized spacial score (nSPS) is 16.3. The molecule has 0 aromatic carbocycles. The van der Waals surface area contributed by atoms with Gasteiger partial charge in [-0.15, -0.1) is 0 Å². The van der Waals surface area contributed by atoms with Crippen molar-refractivity contribution in [3.63, 3.8) is 0 Å². The van der Waals surface area contributed by atoms with E-state index < -0.39 is 0 Å². The second-order valence-electron chi connectivity index (χ2n) is 3.62. The molecule has 2 aromatic heterocycles. The standard InChI is InChI=1S/C9H11N5/c1-2-8(1)10-3-7-4-11-9-12-6-13-14(9)5-7/h4-6,8,10H,1-3H2. The van der Waals surface area contributed by atoms with Crippen molar-refractivity contribution in [2.24, 2.45) is 0 Å². The van der Waals surface area contributed by atoms with Crippen molar-refractivity contribution in [1.82, 2.24) is 24.9 Å². The van der Waals surface area contributed by atoms with Gasteiger partial charge in [0.2, 0.25) is 0 Å². The Morgan fingerprint density at radius 1 is 1.43 bits per heavy atom. The zero-order valence-corrected chi connectivity index (χ0v) is 7.72. The lowest BCUT2D eigenvalue weighted by atomic mass is 10.3. The van der Waals surface area contributed by atoms with E-state index in [-0.39, 0.29) is 0 Å². The maximum absolute atomic E-state index is 4.19. The van der Waals surface area contributed by atoms with E-state index in [4.69, 9.17) is 0 Å². The van der Waals surface area contributed by atoms with Crippen LogP contribution in [0.5, 0.6) is 0 Å². The summed E-state index contributed by atoms with van der Waals surface area (Å²) in [5.41, 5.74) is 1.15. The summed E-state index contributed by atoms with van der Waals surface area (Å²) in [6.07, 6.45) is 7.93. The Labute approximate surface area is 81.2 Å². The molecule has 1 fully saturated rings. The van der Waals surface area contributed by atoms with Crippen LogP contribution >= 0.6 is 0 Å². The second kappa shape index (κ2) is 3.02. The minimum absolute atomic E-state index is 0.653.